The molecule has 5 nitrogen and oxygen atoms in total. The number of pyridine rings is 1. The Bertz CT molecular complexity index is 499. The molecule has 0 aliphatic carbocycles. The third kappa shape index (κ3) is 2.18. The maximum atomic E-state index is 11.4. The van der Waals surface area contributed by atoms with Crippen molar-refractivity contribution >= 4 is 23.5 Å². The molecule has 1 aromatic heterocycles. The Morgan fingerprint density at radius 1 is 1.33 bits per heavy atom. The monoisotopic (exact) mass is 264 g/mol. The van der Waals surface area contributed by atoms with Crippen LogP contribution in [-0.2, 0) is 11.3 Å². The Morgan fingerprint density at radius 3 is 3.00 bits per heavy atom. The fraction of sp³-hybridized carbons (Fsp3) is 0.417. The Kier molecular flexibility index (Phi) is 2.91. The molecule has 1 amide bonds. The number of aliphatic imine (C=N–C) groups is 1. The Hall–Kier alpha value is -1.62. The van der Waals surface area contributed by atoms with Gasteiger partial charge in [0, 0.05) is 25.8 Å². The number of nitrogens with zero attached hydrogens (tertiary/aromatic N) is 4. The van der Waals surface area contributed by atoms with E-state index in [1.165, 1.54) is 0 Å². The summed E-state index contributed by atoms with van der Waals surface area (Å²) < 4.78 is 0. The van der Waals surface area contributed by atoms with Crippen LogP contribution in [0.15, 0.2) is 23.3 Å². The van der Waals surface area contributed by atoms with Gasteiger partial charge in [-0.15, -0.1) is 0 Å². The van der Waals surface area contributed by atoms with Crippen LogP contribution in [0.25, 0.3) is 0 Å². The Morgan fingerprint density at radius 2 is 2.22 bits per heavy atom. The number of rotatable bonds is 2. The molecule has 0 N–H and O–H groups in total. The predicted molar refractivity (Wildman–Crippen MR) is 68.3 cm³/mol. The van der Waals surface area contributed by atoms with Gasteiger partial charge in [0.2, 0.25) is 5.96 Å². The van der Waals surface area contributed by atoms with Crippen molar-refractivity contribution in [3.8, 4) is 0 Å². The fourth-order valence-electron chi connectivity index (χ4n) is 2.32. The van der Waals surface area contributed by atoms with Crippen molar-refractivity contribution in [2.24, 2.45) is 4.99 Å². The van der Waals surface area contributed by atoms with E-state index in [2.05, 4.69) is 14.9 Å². The SMILES string of the molecule is O=C1CN2CCCN(Cc3ccc(Cl)nc3)C2=N1. The van der Waals surface area contributed by atoms with E-state index in [-0.39, 0.29) is 5.91 Å². The molecule has 0 bridgehead atoms. The van der Waals surface area contributed by atoms with Gasteiger partial charge < -0.3 is 9.80 Å². The second-order valence-electron chi connectivity index (χ2n) is 4.49. The van der Waals surface area contributed by atoms with E-state index < -0.39 is 0 Å². The highest BCUT2D eigenvalue weighted by atomic mass is 35.5. The molecule has 3 rings (SSSR count). The van der Waals surface area contributed by atoms with Gasteiger partial charge in [-0.05, 0) is 18.1 Å². The number of hydrogen-bond acceptors (Lipinski definition) is 4. The van der Waals surface area contributed by atoms with Gasteiger partial charge >= 0.3 is 0 Å². The minimum absolute atomic E-state index is 0.0499. The molecule has 2 aliphatic rings. The lowest BCUT2D eigenvalue weighted by molar-refractivity contribution is -0.117. The summed E-state index contributed by atoms with van der Waals surface area (Å²) in [4.78, 5) is 23.7. The van der Waals surface area contributed by atoms with Crippen molar-refractivity contribution in [3.05, 3.63) is 29.0 Å². The summed E-state index contributed by atoms with van der Waals surface area (Å²) in [5.74, 6) is 0.757. The Balaban J connectivity index is 1.77. The summed E-state index contributed by atoms with van der Waals surface area (Å²) in [6, 6.07) is 3.73. The van der Waals surface area contributed by atoms with Crippen LogP contribution in [0.5, 0.6) is 0 Å². The van der Waals surface area contributed by atoms with Gasteiger partial charge in [0.05, 0.1) is 0 Å². The van der Waals surface area contributed by atoms with Gasteiger partial charge in [-0.1, -0.05) is 17.7 Å². The fourth-order valence-corrected chi connectivity index (χ4v) is 2.44. The molecular formula is C12H13ClN4O. The molecule has 1 aromatic rings. The second-order valence-corrected chi connectivity index (χ2v) is 4.88. The minimum atomic E-state index is -0.0499. The molecule has 3 heterocycles. The zero-order valence-corrected chi connectivity index (χ0v) is 10.6. The van der Waals surface area contributed by atoms with Crippen molar-refractivity contribution in [2.75, 3.05) is 19.6 Å². The van der Waals surface area contributed by atoms with E-state index in [0.29, 0.717) is 18.2 Å². The first kappa shape index (κ1) is 11.5. The van der Waals surface area contributed by atoms with Crippen LogP contribution in [0.1, 0.15) is 12.0 Å². The molecule has 18 heavy (non-hydrogen) atoms. The van der Waals surface area contributed by atoms with E-state index in [1.807, 2.05) is 11.0 Å². The summed E-state index contributed by atoms with van der Waals surface area (Å²) in [7, 11) is 0. The first-order chi connectivity index (χ1) is 8.72. The number of carbonyl (C=O) groups is 1. The summed E-state index contributed by atoms with van der Waals surface area (Å²) >= 11 is 5.76. The van der Waals surface area contributed by atoms with Crippen LogP contribution in [0.4, 0.5) is 0 Å². The second kappa shape index (κ2) is 4.57. The topological polar surface area (TPSA) is 48.8 Å². The van der Waals surface area contributed by atoms with Gasteiger partial charge in [-0.25, -0.2) is 4.98 Å². The van der Waals surface area contributed by atoms with Crippen molar-refractivity contribution in [2.45, 2.75) is 13.0 Å². The zero-order chi connectivity index (χ0) is 12.5. The van der Waals surface area contributed by atoms with E-state index in [9.17, 15) is 4.79 Å². The molecule has 0 unspecified atom stereocenters. The smallest absolute Gasteiger partial charge is 0.268 e. The molecule has 0 saturated carbocycles. The normalized spacial score (nSPS) is 18.9. The molecule has 0 radical (unpaired) electrons. The molecule has 0 atom stereocenters. The number of halogens is 1. The number of hydrogen-bond donors (Lipinski definition) is 0. The maximum Gasteiger partial charge on any atom is 0.268 e. The lowest BCUT2D eigenvalue weighted by Crippen LogP contribution is -2.47. The average molecular weight is 265 g/mol. The number of fused-ring (bicyclic) bond motifs is 1. The quantitative estimate of drug-likeness (QED) is 0.752. The summed E-state index contributed by atoms with van der Waals surface area (Å²) in [5.41, 5.74) is 1.07. The Labute approximate surface area is 110 Å². The van der Waals surface area contributed by atoms with Crippen molar-refractivity contribution in [3.63, 3.8) is 0 Å². The van der Waals surface area contributed by atoms with E-state index in [0.717, 1.165) is 31.0 Å². The summed E-state index contributed by atoms with van der Waals surface area (Å²) in [6.45, 7) is 2.97. The first-order valence-electron chi connectivity index (χ1n) is 5.94. The third-order valence-corrected chi connectivity index (χ3v) is 3.36. The standard InChI is InChI=1S/C12H13ClN4O/c13-10-3-2-9(6-14-10)7-16-4-1-5-17-8-11(18)15-12(16)17/h2-3,6H,1,4-5,7-8H2. The molecule has 2 aliphatic heterocycles. The summed E-state index contributed by atoms with van der Waals surface area (Å²) in [6.07, 6.45) is 2.81. The van der Waals surface area contributed by atoms with Crippen molar-refractivity contribution in [1.82, 2.24) is 14.8 Å². The molecule has 0 aromatic carbocycles. The largest absolute Gasteiger partial charge is 0.338 e. The predicted octanol–water partition coefficient (Wildman–Crippen LogP) is 1.14. The van der Waals surface area contributed by atoms with Crippen LogP contribution in [0.3, 0.4) is 0 Å². The molecule has 0 spiro atoms. The third-order valence-electron chi connectivity index (χ3n) is 3.13. The molecule has 1 saturated heterocycles. The maximum absolute atomic E-state index is 11.4. The number of guanidine groups is 1. The van der Waals surface area contributed by atoms with Crippen molar-refractivity contribution in [1.29, 1.82) is 0 Å². The highest BCUT2D eigenvalue weighted by Crippen LogP contribution is 2.17. The molecule has 6 heteroatoms. The van der Waals surface area contributed by atoms with E-state index in [4.69, 9.17) is 11.6 Å². The van der Waals surface area contributed by atoms with Crippen LogP contribution in [-0.4, -0.2) is 46.3 Å². The lowest BCUT2D eigenvalue weighted by atomic mass is 10.2. The van der Waals surface area contributed by atoms with Crippen molar-refractivity contribution < 1.29 is 4.79 Å². The molecule has 94 valence electrons. The van der Waals surface area contributed by atoms with E-state index in [1.54, 1.807) is 12.3 Å². The highest BCUT2D eigenvalue weighted by Gasteiger charge is 2.30. The van der Waals surface area contributed by atoms with Gasteiger partial charge in [0.25, 0.3) is 5.91 Å². The van der Waals surface area contributed by atoms with Crippen LogP contribution in [0, 0.1) is 0 Å². The van der Waals surface area contributed by atoms with Crippen LogP contribution in [0.2, 0.25) is 5.15 Å². The zero-order valence-electron chi connectivity index (χ0n) is 9.84. The van der Waals surface area contributed by atoms with Crippen LogP contribution < -0.4 is 0 Å². The number of carbonyl (C=O) groups excluding carboxylic acids is 1. The number of amides is 1. The van der Waals surface area contributed by atoms with Crippen LogP contribution >= 0.6 is 11.6 Å². The first-order valence-corrected chi connectivity index (χ1v) is 6.32. The highest BCUT2D eigenvalue weighted by molar-refractivity contribution is 6.29. The van der Waals surface area contributed by atoms with Gasteiger partial charge in [-0.3, -0.25) is 4.79 Å². The minimum Gasteiger partial charge on any atom is -0.338 e. The molecule has 1 fully saturated rings. The average Bonchev–Trinajstić information content (AvgIpc) is 2.73. The molecular weight excluding hydrogens is 252 g/mol. The summed E-state index contributed by atoms with van der Waals surface area (Å²) in [5, 5.41) is 0.493. The van der Waals surface area contributed by atoms with Gasteiger partial charge in [-0.2, -0.15) is 4.99 Å². The lowest BCUT2D eigenvalue weighted by Gasteiger charge is -2.35. The number of aromatic nitrogens is 1. The van der Waals surface area contributed by atoms with Gasteiger partial charge in [0.15, 0.2) is 0 Å². The van der Waals surface area contributed by atoms with Gasteiger partial charge in [0.1, 0.15) is 11.7 Å². The van der Waals surface area contributed by atoms with E-state index >= 15 is 0 Å².